The number of aromatic amines is 1. The van der Waals surface area contributed by atoms with Crippen molar-refractivity contribution in [3.05, 3.63) is 30.5 Å². The van der Waals surface area contributed by atoms with E-state index in [1.165, 1.54) is 0 Å². The summed E-state index contributed by atoms with van der Waals surface area (Å²) < 4.78 is 10.9. The summed E-state index contributed by atoms with van der Waals surface area (Å²) in [6, 6.07) is 7.42. The smallest absolute Gasteiger partial charge is 0.229 e. The number of H-pyrrole nitrogens is 1. The number of hydrogen-bond donors (Lipinski definition) is 5. The molecule has 5 N–H and O–H groups in total. The van der Waals surface area contributed by atoms with Crippen molar-refractivity contribution in [1.82, 2.24) is 4.98 Å². The third-order valence-corrected chi connectivity index (χ3v) is 3.64. The van der Waals surface area contributed by atoms with E-state index in [2.05, 4.69) is 4.98 Å². The van der Waals surface area contributed by atoms with Crippen LogP contribution < -0.4 is 4.74 Å². The Morgan fingerprint density at radius 1 is 1.10 bits per heavy atom. The number of rotatable bonds is 3. The summed E-state index contributed by atoms with van der Waals surface area (Å²) in [5, 5.41) is 39.3. The molecule has 0 amide bonds. The molecule has 3 rings (SSSR count). The average Bonchev–Trinajstić information content (AvgIpc) is 2.91. The molecule has 1 aliphatic rings. The second-order valence-corrected chi connectivity index (χ2v) is 5.01. The molecule has 1 fully saturated rings. The van der Waals surface area contributed by atoms with E-state index < -0.39 is 37.3 Å². The first-order valence-electron chi connectivity index (χ1n) is 6.65. The molecule has 0 saturated carbocycles. The number of hydrogen-bond acceptors (Lipinski definition) is 6. The van der Waals surface area contributed by atoms with Gasteiger partial charge in [-0.25, -0.2) is 0 Å². The molecule has 0 radical (unpaired) electrons. The summed E-state index contributed by atoms with van der Waals surface area (Å²) in [5.41, 5.74) is 0.858. The highest BCUT2D eigenvalue weighted by atomic mass is 16.7. The van der Waals surface area contributed by atoms with E-state index >= 15 is 0 Å². The van der Waals surface area contributed by atoms with Crippen LogP contribution in [0.5, 0.6) is 5.75 Å². The molecule has 0 spiro atoms. The van der Waals surface area contributed by atoms with Crippen molar-refractivity contribution in [2.75, 3.05) is 6.61 Å². The minimum absolute atomic E-state index is 0.454. The van der Waals surface area contributed by atoms with E-state index in [1.807, 2.05) is 24.3 Å². The zero-order valence-corrected chi connectivity index (χ0v) is 11.1. The second-order valence-electron chi connectivity index (χ2n) is 5.01. The highest BCUT2D eigenvalue weighted by Crippen LogP contribution is 2.29. The van der Waals surface area contributed by atoms with Gasteiger partial charge in [-0.05, 0) is 12.1 Å². The van der Waals surface area contributed by atoms with Crippen molar-refractivity contribution in [2.45, 2.75) is 30.7 Å². The van der Waals surface area contributed by atoms with Gasteiger partial charge in [-0.3, -0.25) is 0 Å². The van der Waals surface area contributed by atoms with Crippen LogP contribution in [-0.4, -0.2) is 62.7 Å². The van der Waals surface area contributed by atoms with Gasteiger partial charge in [-0.1, -0.05) is 12.1 Å². The number of aromatic nitrogens is 1. The summed E-state index contributed by atoms with van der Waals surface area (Å²) in [6.07, 6.45) is -4.82. The summed E-state index contributed by atoms with van der Waals surface area (Å²) in [4.78, 5) is 3.01. The van der Waals surface area contributed by atoms with Crippen molar-refractivity contribution in [1.29, 1.82) is 0 Å². The fourth-order valence-corrected chi connectivity index (χ4v) is 2.43. The standard InChI is InChI=1S/C14H17NO6/c16-6-10-11(17)12(18)13(19)14(21-10)20-9-5-15-8-4-2-1-3-7(8)9/h1-5,10-19H,6H2/t10?,11-,12+,13?,14+/m1/s1. The Kier molecular flexibility index (Phi) is 3.83. The van der Waals surface area contributed by atoms with Gasteiger partial charge in [-0.15, -0.1) is 0 Å². The van der Waals surface area contributed by atoms with Crippen LogP contribution in [0.4, 0.5) is 0 Å². The Hall–Kier alpha value is -1.64. The zero-order valence-electron chi connectivity index (χ0n) is 11.1. The molecule has 2 unspecified atom stereocenters. The van der Waals surface area contributed by atoms with Gasteiger partial charge in [0.25, 0.3) is 0 Å². The maximum Gasteiger partial charge on any atom is 0.229 e. The zero-order chi connectivity index (χ0) is 15.0. The number of para-hydroxylation sites is 1. The summed E-state index contributed by atoms with van der Waals surface area (Å²) in [7, 11) is 0. The van der Waals surface area contributed by atoms with Crippen LogP contribution in [0.1, 0.15) is 0 Å². The average molecular weight is 295 g/mol. The molecule has 1 saturated heterocycles. The Morgan fingerprint density at radius 2 is 1.86 bits per heavy atom. The third-order valence-electron chi connectivity index (χ3n) is 3.64. The predicted molar refractivity (Wildman–Crippen MR) is 72.7 cm³/mol. The summed E-state index contributed by atoms with van der Waals surface area (Å²) in [5.74, 6) is 0.454. The molecular formula is C14H17NO6. The number of fused-ring (bicyclic) bond motifs is 1. The van der Waals surface area contributed by atoms with Gasteiger partial charge in [0.1, 0.15) is 30.2 Å². The van der Waals surface area contributed by atoms with Gasteiger partial charge in [-0.2, -0.15) is 0 Å². The first-order valence-corrected chi connectivity index (χ1v) is 6.65. The topological polar surface area (TPSA) is 115 Å². The maximum absolute atomic E-state index is 9.94. The lowest BCUT2D eigenvalue weighted by molar-refractivity contribution is -0.277. The molecule has 2 heterocycles. The van der Waals surface area contributed by atoms with Crippen LogP contribution in [0.3, 0.4) is 0 Å². The molecule has 1 aromatic carbocycles. The fraction of sp³-hybridized carbons (Fsp3) is 0.429. The van der Waals surface area contributed by atoms with Crippen molar-refractivity contribution < 1.29 is 29.9 Å². The molecule has 21 heavy (non-hydrogen) atoms. The van der Waals surface area contributed by atoms with Gasteiger partial charge in [0.15, 0.2) is 0 Å². The van der Waals surface area contributed by atoms with Crippen molar-refractivity contribution in [3.8, 4) is 5.75 Å². The second kappa shape index (κ2) is 5.63. The van der Waals surface area contributed by atoms with E-state index in [-0.39, 0.29) is 0 Å². The van der Waals surface area contributed by atoms with Crippen LogP contribution in [0.2, 0.25) is 0 Å². The predicted octanol–water partition coefficient (Wildman–Crippen LogP) is -0.653. The monoisotopic (exact) mass is 295 g/mol. The van der Waals surface area contributed by atoms with Crippen molar-refractivity contribution >= 4 is 10.9 Å². The Labute approximate surface area is 120 Å². The van der Waals surface area contributed by atoms with Crippen molar-refractivity contribution in [3.63, 3.8) is 0 Å². The molecule has 5 atom stereocenters. The number of ether oxygens (including phenoxy) is 2. The van der Waals surface area contributed by atoms with Crippen LogP contribution in [0, 0.1) is 0 Å². The SMILES string of the molecule is OCC1O[C@H](Oc2c[nH]c3ccccc23)C(O)[C@@H](O)[C@@H]1O. The lowest BCUT2D eigenvalue weighted by atomic mass is 9.99. The van der Waals surface area contributed by atoms with E-state index in [0.29, 0.717) is 5.75 Å². The van der Waals surface area contributed by atoms with E-state index in [9.17, 15) is 15.3 Å². The number of aliphatic hydroxyl groups excluding tert-OH is 4. The molecule has 1 aromatic heterocycles. The highest BCUT2D eigenvalue weighted by molar-refractivity contribution is 5.85. The third kappa shape index (κ3) is 2.50. The quantitative estimate of drug-likeness (QED) is 0.514. The van der Waals surface area contributed by atoms with E-state index in [0.717, 1.165) is 10.9 Å². The van der Waals surface area contributed by atoms with E-state index in [4.69, 9.17) is 14.6 Å². The lowest BCUT2D eigenvalue weighted by Gasteiger charge is -2.39. The first kappa shape index (κ1) is 14.3. The molecule has 2 aromatic rings. The first-order chi connectivity index (χ1) is 10.1. The number of aliphatic hydroxyl groups is 4. The van der Waals surface area contributed by atoms with Crippen LogP contribution in [0.25, 0.3) is 10.9 Å². The molecule has 7 heteroatoms. The maximum atomic E-state index is 9.94. The minimum atomic E-state index is -1.45. The molecule has 0 aliphatic carbocycles. The largest absolute Gasteiger partial charge is 0.460 e. The minimum Gasteiger partial charge on any atom is -0.460 e. The Bertz CT molecular complexity index is 612. The highest BCUT2D eigenvalue weighted by Gasteiger charge is 2.44. The van der Waals surface area contributed by atoms with Gasteiger partial charge in [0, 0.05) is 17.1 Å². The molecular weight excluding hydrogens is 278 g/mol. The van der Waals surface area contributed by atoms with Gasteiger partial charge < -0.3 is 34.9 Å². The number of benzene rings is 1. The lowest BCUT2D eigenvalue weighted by Crippen LogP contribution is -2.60. The fourth-order valence-electron chi connectivity index (χ4n) is 2.43. The van der Waals surface area contributed by atoms with Crippen molar-refractivity contribution in [2.24, 2.45) is 0 Å². The van der Waals surface area contributed by atoms with Gasteiger partial charge in [0.2, 0.25) is 6.29 Å². The summed E-state index contributed by atoms with van der Waals surface area (Å²) in [6.45, 7) is -0.487. The molecule has 1 aliphatic heterocycles. The Morgan fingerprint density at radius 3 is 2.62 bits per heavy atom. The summed E-state index contributed by atoms with van der Waals surface area (Å²) >= 11 is 0. The Balaban J connectivity index is 1.83. The van der Waals surface area contributed by atoms with E-state index in [1.54, 1.807) is 6.20 Å². The van der Waals surface area contributed by atoms with Crippen LogP contribution in [0.15, 0.2) is 30.5 Å². The van der Waals surface area contributed by atoms with Crippen LogP contribution in [-0.2, 0) is 4.74 Å². The normalized spacial score (nSPS) is 33.2. The van der Waals surface area contributed by atoms with Crippen LogP contribution >= 0.6 is 0 Å². The molecule has 7 nitrogen and oxygen atoms in total. The van der Waals surface area contributed by atoms with Gasteiger partial charge >= 0.3 is 0 Å². The molecule has 0 bridgehead atoms. The number of nitrogens with one attached hydrogen (secondary N) is 1. The van der Waals surface area contributed by atoms with Gasteiger partial charge in [0.05, 0.1) is 6.61 Å². The molecule has 114 valence electrons.